The van der Waals surface area contributed by atoms with E-state index >= 15 is 0 Å². The molecular formula is C15H21ClN2O2. The summed E-state index contributed by atoms with van der Waals surface area (Å²) in [5.41, 5.74) is 1.45. The van der Waals surface area contributed by atoms with Crippen molar-refractivity contribution in [3.05, 3.63) is 35.4 Å². The molecule has 0 spiro atoms. The smallest absolute Gasteiger partial charge is 0.254 e. The Morgan fingerprint density at radius 2 is 2.05 bits per heavy atom. The highest BCUT2D eigenvalue weighted by atomic mass is 35.5. The first-order chi connectivity index (χ1) is 9.47. The van der Waals surface area contributed by atoms with Crippen molar-refractivity contribution in [1.29, 1.82) is 0 Å². The van der Waals surface area contributed by atoms with Crippen LogP contribution >= 0.6 is 11.6 Å². The lowest BCUT2D eigenvalue weighted by atomic mass is 10.1. The molecule has 0 heterocycles. The van der Waals surface area contributed by atoms with Crippen molar-refractivity contribution in [3.63, 3.8) is 0 Å². The number of hydrogen-bond donors (Lipinski definition) is 1. The zero-order chi connectivity index (χ0) is 15.1. The van der Waals surface area contributed by atoms with E-state index in [0.29, 0.717) is 18.0 Å². The quantitative estimate of drug-likeness (QED) is 0.820. The molecule has 20 heavy (non-hydrogen) atoms. The number of hydrogen-bond acceptors (Lipinski definition) is 2. The fourth-order valence-corrected chi connectivity index (χ4v) is 2.00. The molecule has 0 aliphatic heterocycles. The summed E-state index contributed by atoms with van der Waals surface area (Å²) in [6.45, 7) is 6.18. The molecule has 0 atom stereocenters. The van der Waals surface area contributed by atoms with Gasteiger partial charge in [-0.25, -0.2) is 0 Å². The van der Waals surface area contributed by atoms with E-state index in [1.807, 2.05) is 26.8 Å². The lowest BCUT2D eigenvalue weighted by Gasteiger charge is -2.21. The Hall–Kier alpha value is -1.55. The normalized spacial score (nSPS) is 10.4. The Bertz CT molecular complexity index is 475. The fraction of sp³-hybridized carbons (Fsp3) is 0.467. The Kier molecular flexibility index (Phi) is 6.52. The number of alkyl halides is 1. The molecule has 110 valence electrons. The van der Waals surface area contributed by atoms with E-state index in [0.717, 1.165) is 5.56 Å². The first-order valence-electron chi connectivity index (χ1n) is 6.71. The van der Waals surface area contributed by atoms with Gasteiger partial charge in [-0.15, -0.1) is 11.6 Å². The van der Waals surface area contributed by atoms with Gasteiger partial charge in [0.2, 0.25) is 5.91 Å². The van der Waals surface area contributed by atoms with Gasteiger partial charge in [-0.3, -0.25) is 9.59 Å². The Morgan fingerprint density at radius 1 is 1.35 bits per heavy atom. The highest BCUT2D eigenvalue weighted by molar-refractivity contribution is 6.17. The van der Waals surface area contributed by atoms with E-state index in [1.54, 1.807) is 18.2 Å². The summed E-state index contributed by atoms with van der Waals surface area (Å²) in [7, 11) is 0. The largest absolute Gasteiger partial charge is 0.352 e. The SMILES string of the molecule is CCN(CC(=O)NC(C)C)C(=O)c1cccc(CCl)c1. The van der Waals surface area contributed by atoms with Gasteiger partial charge in [-0.1, -0.05) is 12.1 Å². The number of halogens is 1. The molecule has 0 fully saturated rings. The van der Waals surface area contributed by atoms with Crippen LogP contribution in [0.2, 0.25) is 0 Å². The number of nitrogens with one attached hydrogen (secondary N) is 1. The predicted octanol–water partition coefficient (Wildman–Crippen LogP) is 2.41. The lowest BCUT2D eigenvalue weighted by molar-refractivity contribution is -0.122. The molecule has 0 unspecified atom stereocenters. The summed E-state index contributed by atoms with van der Waals surface area (Å²) in [5.74, 6) is 0.0585. The van der Waals surface area contributed by atoms with Crippen molar-refractivity contribution in [2.45, 2.75) is 32.7 Å². The van der Waals surface area contributed by atoms with Gasteiger partial charge in [-0.05, 0) is 38.5 Å². The van der Waals surface area contributed by atoms with Gasteiger partial charge in [-0.2, -0.15) is 0 Å². The average molecular weight is 297 g/mol. The molecule has 1 N–H and O–H groups in total. The van der Waals surface area contributed by atoms with E-state index < -0.39 is 0 Å². The number of likely N-dealkylation sites (N-methyl/N-ethyl adjacent to an activating group) is 1. The van der Waals surface area contributed by atoms with Crippen molar-refractivity contribution in [2.24, 2.45) is 0 Å². The molecule has 0 saturated heterocycles. The number of carbonyl (C=O) groups is 2. The van der Waals surface area contributed by atoms with Crippen LogP contribution in [0.1, 0.15) is 36.7 Å². The van der Waals surface area contributed by atoms with Crippen molar-refractivity contribution in [1.82, 2.24) is 10.2 Å². The molecule has 1 rings (SSSR count). The standard InChI is InChI=1S/C15H21ClN2O2/c1-4-18(10-14(19)17-11(2)3)15(20)13-7-5-6-12(8-13)9-16/h5-8,11H,4,9-10H2,1-3H3,(H,17,19). The summed E-state index contributed by atoms with van der Waals surface area (Å²) in [4.78, 5) is 25.6. The Morgan fingerprint density at radius 3 is 2.60 bits per heavy atom. The van der Waals surface area contributed by atoms with Crippen LogP contribution in [0.4, 0.5) is 0 Å². The lowest BCUT2D eigenvalue weighted by Crippen LogP contribution is -2.42. The van der Waals surface area contributed by atoms with Crippen molar-refractivity contribution >= 4 is 23.4 Å². The van der Waals surface area contributed by atoms with E-state index in [9.17, 15) is 9.59 Å². The van der Waals surface area contributed by atoms with Gasteiger partial charge < -0.3 is 10.2 Å². The first-order valence-corrected chi connectivity index (χ1v) is 7.25. The number of rotatable bonds is 6. The Labute approximate surface area is 125 Å². The van der Waals surface area contributed by atoms with E-state index in [2.05, 4.69) is 5.32 Å². The van der Waals surface area contributed by atoms with Crippen LogP contribution in [-0.4, -0.2) is 35.8 Å². The minimum atomic E-state index is -0.154. The third-order valence-electron chi connectivity index (χ3n) is 2.78. The van der Waals surface area contributed by atoms with Crippen LogP contribution < -0.4 is 5.32 Å². The highest BCUT2D eigenvalue weighted by Crippen LogP contribution is 2.10. The molecule has 5 heteroatoms. The second-order valence-electron chi connectivity index (χ2n) is 4.88. The third-order valence-corrected chi connectivity index (χ3v) is 3.09. The number of nitrogens with zero attached hydrogens (tertiary/aromatic N) is 1. The van der Waals surface area contributed by atoms with E-state index in [4.69, 9.17) is 11.6 Å². The molecule has 0 radical (unpaired) electrons. The molecule has 4 nitrogen and oxygen atoms in total. The summed E-state index contributed by atoms with van der Waals surface area (Å²) < 4.78 is 0. The van der Waals surface area contributed by atoms with Gasteiger partial charge in [0.25, 0.3) is 5.91 Å². The molecule has 0 saturated carbocycles. The topological polar surface area (TPSA) is 49.4 Å². The van der Waals surface area contributed by atoms with Gasteiger partial charge >= 0.3 is 0 Å². The maximum absolute atomic E-state index is 12.4. The fourth-order valence-electron chi connectivity index (χ4n) is 1.84. The predicted molar refractivity (Wildman–Crippen MR) is 80.9 cm³/mol. The molecular weight excluding hydrogens is 276 g/mol. The van der Waals surface area contributed by atoms with Crippen LogP contribution in [0, 0.1) is 0 Å². The number of carbonyl (C=O) groups excluding carboxylic acids is 2. The van der Waals surface area contributed by atoms with Crippen LogP contribution in [0.3, 0.4) is 0 Å². The number of benzene rings is 1. The van der Waals surface area contributed by atoms with Crippen LogP contribution in [0.15, 0.2) is 24.3 Å². The van der Waals surface area contributed by atoms with Crippen LogP contribution in [0.25, 0.3) is 0 Å². The van der Waals surface area contributed by atoms with Gasteiger partial charge in [0.05, 0.1) is 6.54 Å². The Balaban J connectivity index is 2.78. The van der Waals surface area contributed by atoms with E-state index in [-0.39, 0.29) is 24.4 Å². The molecule has 1 aromatic rings. The van der Waals surface area contributed by atoms with Crippen molar-refractivity contribution < 1.29 is 9.59 Å². The molecule has 2 amide bonds. The van der Waals surface area contributed by atoms with Crippen LogP contribution in [-0.2, 0) is 10.7 Å². The minimum Gasteiger partial charge on any atom is -0.352 e. The third kappa shape index (κ3) is 4.85. The molecule has 0 aliphatic rings. The van der Waals surface area contributed by atoms with Crippen molar-refractivity contribution in [3.8, 4) is 0 Å². The zero-order valence-corrected chi connectivity index (χ0v) is 12.9. The second kappa shape index (κ2) is 7.90. The zero-order valence-electron chi connectivity index (χ0n) is 12.1. The van der Waals surface area contributed by atoms with Gasteiger partial charge in [0.15, 0.2) is 0 Å². The van der Waals surface area contributed by atoms with Crippen molar-refractivity contribution in [2.75, 3.05) is 13.1 Å². The number of amides is 2. The summed E-state index contributed by atoms with van der Waals surface area (Å²) in [6, 6.07) is 7.23. The molecule has 0 aromatic heterocycles. The second-order valence-corrected chi connectivity index (χ2v) is 5.14. The van der Waals surface area contributed by atoms with Crippen LogP contribution in [0.5, 0.6) is 0 Å². The van der Waals surface area contributed by atoms with E-state index in [1.165, 1.54) is 4.90 Å². The molecule has 1 aromatic carbocycles. The average Bonchev–Trinajstić information content (AvgIpc) is 2.43. The summed E-state index contributed by atoms with van der Waals surface area (Å²) >= 11 is 5.77. The maximum atomic E-state index is 12.4. The summed E-state index contributed by atoms with van der Waals surface area (Å²) in [6.07, 6.45) is 0. The maximum Gasteiger partial charge on any atom is 0.254 e. The minimum absolute atomic E-state index is 0.0656. The molecule has 0 bridgehead atoms. The highest BCUT2D eigenvalue weighted by Gasteiger charge is 2.17. The monoisotopic (exact) mass is 296 g/mol. The van der Waals surface area contributed by atoms with Gasteiger partial charge in [0.1, 0.15) is 0 Å². The first kappa shape index (κ1) is 16.5. The molecule has 0 aliphatic carbocycles. The summed E-state index contributed by atoms with van der Waals surface area (Å²) in [5, 5.41) is 2.78. The van der Waals surface area contributed by atoms with Gasteiger partial charge in [0, 0.05) is 24.0 Å².